The Morgan fingerprint density at radius 2 is 2.29 bits per heavy atom. The Bertz CT molecular complexity index is 560. The van der Waals surface area contributed by atoms with Crippen LogP contribution in [0.3, 0.4) is 0 Å². The summed E-state index contributed by atoms with van der Waals surface area (Å²) in [4.78, 5) is 9.06. The van der Waals surface area contributed by atoms with Crippen LogP contribution in [0.1, 0.15) is 37.2 Å². The molecule has 5 heteroatoms. The zero-order chi connectivity index (χ0) is 12.0. The Morgan fingerprint density at radius 3 is 2.94 bits per heavy atom. The summed E-state index contributed by atoms with van der Waals surface area (Å²) in [5.74, 6) is 1.47. The monoisotopic (exact) mass is 343 g/mol. The van der Waals surface area contributed by atoms with E-state index in [-0.39, 0.29) is 6.10 Å². The van der Waals surface area contributed by atoms with Crippen molar-refractivity contribution < 1.29 is 5.11 Å². The summed E-state index contributed by atoms with van der Waals surface area (Å²) in [6, 6.07) is 0. The molecule has 17 heavy (non-hydrogen) atoms. The number of aliphatic hydroxyl groups excluding tert-OH is 1. The molecule has 1 aliphatic carbocycles. The third-order valence-corrected chi connectivity index (χ3v) is 4.18. The number of imidazole rings is 1. The number of hydrogen-bond acceptors (Lipinski definition) is 3. The fourth-order valence-corrected chi connectivity index (χ4v) is 3.25. The van der Waals surface area contributed by atoms with Gasteiger partial charge in [-0.2, -0.15) is 0 Å². The summed E-state index contributed by atoms with van der Waals surface area (Å²) >= 11 is 2.27. The van der Waals surface area contributed by atoms with E-state index >= 15 is 0 Å². The zero-order valence-electron chi connectivity index (χ0n) is 9.60. The molecule has 0 amide bonds. The van der Waals surface area contributed by atoms with E-state index in [4.69, 9.17) is 0 Å². The Balaban J connectivity index is 2.14. The predicted octanol–water partition coefficient (Wildman–Crippen LogP) is 2.13. The average molecular weight is 343 g/mol. The molecule has 3 rings (SSSR count). The maximum Gasteiger partial charge on any atom is 0.129 e. The molecule has 4 nitrogen and oxygen atoms in total. The van der Waals surface area contributed by atoms with Gasteiger partial charge in [-0.25, -0.2) is 4.98 Å². The molecule has 0 spiro atoms. The van der Waals surface area contributed by atoms with Crippen LogP contribution in [0, 0.1) is 3.70 Å². The van der Waals surface area contributed by atoms with E-state index in [1.54, 1.807) is 0 Å². The molecule has 0 saturated heterocycles. The molecule has 0 aromatic carbocycles. The summed E-state index contributed by atoms with van der Waals surface area (Å²) in [6.45, 7) is 2.11. The van der Waals surface area contributed by atoms with Gasteiger partial charge in [0.25, 0.3) is 0 Å². The fourth-order valence-electron chi connectivity index (χ4n) is 2.43. The summed E-state index contributed by atoms with van der Waals surface area (Å²) in [6.07, 6.45) is 6.25. The van der Waals surface area contributed by atoms with Crippen molar-refractivity contribution in [3.05, 3.63) is 27.6 Å². The van der Waals surface area contributed by atoms with Crippen LogP contribution in [0.4, 0.5) is 0 Å². The van der Waals surface area contributed by atoms with E-state index in [1.165, 1.54) is 0 Å². The van der Waals surface area contributed by atoms with Crippen molar-refractivity contribution in [2.75, 3.05) is 0 Å². The van der Waals surface area contributed by atoms with Crippen LogP contribution in [-0.4, -0.2) is 25.6 Å². The van der Waals surface area contributed by atoms with Gasteiger partial charge in [-0.05, 0) is 41.9 Å². The van der Waals surface area contributed by atoms with Gasteiger partial charge < -0.3 is 5.11 Å². The number of aryl methyl sites for hydroxylation is 1. The molecule has 1 fully saturated rings. The van der Waals surface area contributed by atoms with Crippen molar-refractivity contribution in [3.63, 3.8) is 0 Å². The maximum atomic E-state index is 9.41. The lowest BCUT2D eigenvalue weighted by atomic mass is 9.82. The van der Waals surface area contributed by atoms with Crippen LogP contribution in [0.15, 0.2) is 12.4 Å². The minimum absolute atomic E-state index is 0.141. The van der Waals surface area contributed by atoms with E-state index in [2.05, 4.69) is 43.9 Å². The summed E-state index contributed by atoms with van der Waals surface area (Å²) in [5.41, 5.74) is 2.22. The molecule has 1 N–H and O–H groups in total. The Hall–Kier alpha value is -0.690. The normalized spacial score (nSPS) is 23.9. The molecule has 0 bridgehead atoms. The molecule has 0 radical (unpaired) electrons. The second kappa shape index (κ2) is 4.20. The molecule has 0 atom stereocenters. The van der Waals surface area contributed by atoms with Gasteiger partial charge in [0.05, 0.1) is 11.8 Å². The van der Waals surface area contributed by atoms with Crippen LogP contribution in [0.25, 0.3) is 5.52 Å². The summed E-state index contributed by atoms with van der Waals surface area (Å²) < 4.78 is 3.16. The van der Waals surface area contributed by atoms with Gasteiger partial charge >= 0.3 is 0 Å². The molecule has 90 valence electrons. The lowest BCUT2D eigenvalue weighted by Crippen LogP contribution is -2.27. The van der Waals surface area contributed by atoms with Gasteiger partial charge in [0.1, 0.15) is 15.0 Å². The summed E-state index contributed by atoms with van der Waals surface area (Å²) in [5, 5.41) is 9.41. The highest BCUT2D eigenvalue weighted by molar-refractivity contribution is 14.1. The SMILES string of the molecule is CCc1nccn2c1c(I)nc2[C@H]1C[C@@H](O)C1. The molecule has 0 unspecified atom stereocenters. The number of aliphatic hydroxyl groups is 1. The number of rotatable bonds is 2. The molecule has 2 aromatic heterocycles. The van der Waals surface area contributed by atoms with Gasteiger partial charge in [0.2, 0.25) is 0 Å². The van der Waals surface area contributed by atoms with E-state index < -0.39 is 0 Å². The fraction of sp³-hybridized carbons (Fsp3) is 0.500. The van der Waals surface area contributed by atoms with Crippen LogP contribution in [0.5, 0.6) is 0 Å². The van der Waals surface area contributed by atoms with Crippen molar-refractivity contribution in [2.45, 2.75) is 38.2 Å². The predicted molar refractivity (Wildman–Crippen MR) is 73.1 cm³/mol. The topological polar surface area (TPSA) is 50.4 Å². The van der Waals surface area contributed by atoms with Gasteiger partial charge in [-0.3, -0.25) is 9.38 Å². The van der Waals surface area contributed by atoms with Crippen LogP contribution in [0.2, 0.25) is 0 Å². The van der Waals surface area contributed by atoms with Crippen molar-refractivity contribution in [1.29, 1.82) is 0 Å². The molecule has 1 aliphatic rings. The highest BCUT2D eigenvalue weighted by atomic mass is 127. The number of aromatic nitrogens is 3. The van der Waals surface area contributed by atoms with Gasteiger partial charge in [0.15, 0.2) is 0 Å². The Labute approximate surface area is 113 Å². The first-order valence-corrected chi connectivity index (χ1v) is 6.98. The number of hydrogen-bond donors (Lipinski definition) is 1. The number of halogens is 1. The zero-order valence-corrected chi connectivity index (χ0v) is 11.8. The van der Waals surface area contributed by atoms with Crippen molar-refractivity contribution in [2.24, 2.45) is 0 Å². The van der Waals surface area contributed by atoms with E-state index in [0.717, 1.165) is 40.0 Å². The lowest BCUT2D eigenvalue weighted by molar-refractivity contribution is 0.0714. The average Bonchev–Trinajstić information content (AvgIpc) is 2.63. The van der Waals surface area contributed by atoms with Crippen molar-refractivity contribution >= 4 is 28.1 Å². The summed E-state index contributed by atoms with van der Waals surface area (Å²) in [7, 11) is 0. The minimum Gasteiger partial charge on any atom is -0.393 e. The standard InChI is InChI=1S/C12H14IN3O/c1-2-9-10-11(13)15-12(7-5-8(17)6-7)16(10)4-3-14-9/h3-4,7-8,17H,2,5-6H2,1H3/t7-,8+. The highest BCUT2D eigenvalue weighted by Gasteiger charge is 2.32. The van der Waals surface area contributed by atoms with E-state index in [9.17, 15) is 5.11 Å². The Morgan fingerprint density at radius 1 is 1.53 bits per heavy atom. The largest absolute Gasteiger partial charge is 0.393 e. The first-order chi connectivity index (χ1) is 8.20. The van der Waals surface area contributed by atoms with Gasteiger partial charge in [0, 0.05) is 18.3 Å². The molecule has 0 aliphatic heterocycles. The third kappa shape index (κ3) is 1.76. The van der Waals surface area contributed by atoms with Crippen LogP contribution in [-0.2, 0) is 6.42 Å². The molecule has 2 aromatic rings. The third-order valence-electron chi connectivity index (χ3n) is 3.43. The highest BCUT2D eigenvalue weighted by Crippen LogP contribution is 2.37. The molecule has 1 saturated carbocycles. The number of fused-ring (bicyclic) bond motifs is 1. The van der Waals surface area contributed by atoms with E-state index in [0.29, 0.717) is 5.92 Å². The first-order valence-electron chi connectivity index (χ1n) is 5.90. The first kappa shape index (κ1) is 11.4. The lowest BCUT2D eigenvalue weighted by Gasteiger charge is -2.30. The van der Waals surface area contributed by atoms with Gasteiger partial charge in [-0.1, -0.05) is 6.92 Å². The Kier molecular flexibility index (Phi) is 2.82. The van der Waals surface area contributed by atoms with Crippen LogP contribution >= 0.6 is 22.6 Å². The minimum atomic E-state index is -0.141. The van der Waals surface area contributed by atoms with Crippen LogP contribution < -0.4 is 0 Å². The molecular formula is C12H14IN3O. The van der Waals surface area contributed by atoms with Gasteiger partial charge in [-0.15, -0.1) is 0 Å². The second-order valence-electron chi connectivity index (χ2n) is 4.53. The van der Waals surface area contributed by atoms with Crippen molar-refractivity contribution in [3.8, 4) is 0 Å². The quantitative estimate of drug-likeness (QED) is 0.850. The molecular weight excluding hydrogens is 329 g/mol. The molecule has 2 heterocycles. The smallest absolute Gasteiger partial charge is 0.129 e. The maximum absolute atomic E-state index is 9.41. The van der Waals surface area contributed by atoms with E-state index in [1.807, 2.05) is 12.4 Å². The second-order valence-corrected chi connectivity index (χ2v) is 5.55. The van der Waals surface area contributed by atoms with Crippen molar-refractivity contribution in [1.82, 2.24) is 14.4 Å². The number of nitrogens with zero attached hydrogens (tertiary/aromatic N) is 3.